The molecule has 24 heavy (non-hydrogen) atoms. The Labute approximate surface area is 140 Å². The van der Waals surface area contributed by atoms with Crippen molar-refractivity contribution in [3.8, 4) is 0 Å². The molecule has 1 atom stereocenters. The van der Waals surface area contributed by atoms with Gasteiger partial charge in [0, 0.05) is 0 Å². The molecule has 2 rings (SSSR count). The largest absolute Gasteiger partial charge is 0.455 e. The third-order valence-electron chi connectivity index (χ3n) is 2.94. The van der Waals surface area contributed by atoms with E-state index in [0.29, 0.717) is 6.61 Å². The van der Waals surface area contributed by atoms with Crippen molar-refractivity contribution < 1.29 is 18.7 Å². The summed E-state index contributed by atoms with van der Waals surface area (Å²) >= 11 is 0. The fourth-order valence-corrected chi connectivity index (χ4v) is 1.95. The van der Waals surface area contributed by atoms with E-state index in [4.69, 9.17) is 9.47 Å². The van der Waals surface area contributed by atoms with E-state index in [9.17, 15) is 9.18 Å². The summed E-state index contributed by atoms with van der Waals surface area (Å²) in [6.07, 6.45) is 0.125. The predicted molar refractivity (Wildman–Crippen MR) is 86.2 cm³/mol. The van der Waals surface area contributed by atoms with Crippen LogP contribution in [0.1, 0.15) is 36.8 Å². The Morgan fingerprint density at radius 1 is 1.29 bits per heavy atom. The number of esters is 1. The number of alkyl halides is 1. The van der Waals surface area contributed by atoms with E-state index in [1.54, 1.807) is 20.8 Å². The molecule has 6 nitrogen and oxygen atoms in total. The van der Waals surface area contributed by atoms with Crippen LogP contribution in [0, 0.1) is 0 Å². The van der Waals surface area contributed by atoms with Crippen molar-refractivity contribution in [1.29, 1.82) is 0 Å². The zero-order valence-electron chi connectivity index (χ0n) is 14.1. The van der Waals surface area contributed by atoms with Crippen LogP contribution in [0.5, 0.6) is 0 Å². The molecule has 7 heteroatoms. The van der Waals surface area contributed by atoms with Gasteiger partial charge in [-0.15, -0.1) is 5.10 Å². The molecule has 0 aliphatic rings. The fourth-order valence-electron chi connectivity index (χ4n) is 1.95. The first-order valence-electron chi connectivity index (χ1n) is 7.73. The van der Waals surface area contributed by atoms with Crippen molar-refractivity contribution in [2.75, 3.05) is 6.61 Å². The number of carbonyl (C=O) groups excluding carboxylic acids is 1. The summed E-state index contributed by atoms with van der Waals surface area (Å²) in [5.41, 5.74) is 0.425. The lowest BCUT2D eigenvalue weighted by molar-refractivity contribution is 0.00626. The number of rotatable bonds is 7. The highest BCUT2D eigenvalue weighted by Gasteiger charge is 2.21. The van der Waals surface area contributed by atoms with Crippen LogP contribution in [-0.2, 0) is 22.6 Å². The lowest BCUT2D eigenvalue weighted by Crippen LogP contribution is -2.24. The second-order valence-corrected chi connectivity index (χ2v) is 6.43. The number of aromatic nitrogens is 3. The van der Waals surface area contributed by atoms with Gasteiger partial charge in [0.25, 0.3) is 0 Å². The van der Waals surface area contributed by atoms with E-state index in [-0.39, 0.29) is 18.8 Å². The van der Waals surface area contributed by atoms with E-state index < -0.39 is 17.7 Å². The highest BCUT2D eigenvalue weighted by Crippen LogP contribution is 2.10. The summed E-state index contributed by atoms with van der Waals surface area (Å²) in [6, 6.07) is 9.54. The maximum absolute atomic E-state index is 13.9. The van der Waals surface area contributed by atoms with Crippen molar-refractivity contribution in [3.05, 3.63) is 47.8 Å². The minimum absolute atomic E-state index is 0.0371. The molecule has 130 valence electrons. The molecule has 0 fully saturated rings. The highest BCUT2D eigenvalue weighted by molar-refractivity contribution is 5.87. The number of hydrogen-bond donors (Lipinski definition) is 0. The van der Waals surface area contributed by atoms with Crippen LogP contribution in [0.2, 0.25) is 0 Å². The third kappa shape index (κ3) is 6.08. The molecule has 0 amide bonds. The van der Waals surface area contributed by atoms with Gasteiger partial charge >= 0.3 is 5.97 Å². The Hall–Kier alpha value is -2.28. The topological polar surface area (TPSA) is 66.2 Å². The summed E-state index contributed by atoms with van der Waals surface area (Å²) in [6.45, 7) is 5.54. The van der Waals surface area contributed by atoms with Gasteiger partial charge in [-0.25, -0.2) is 13.9 Å². The van der Waals surface area contributed by atoms with Crippen LogP contribution in [0.4, 0.5) is 4.39 Å². The van der Waals surface area contributed by atoms with Gasteiger partial charge in [0.1, 0.15) is 11.8 Å². The van der Waals surface area contributed by atoms with E-state index >= 15 is 0 Å². The van der Waals surface area contributed by atoms with Crippen molar-refractivity contribution in [2.24, 2.45) is 0 Å². The van der Waals surface area contributed by atoms with Crippen LogP contribution in [-0.4, -0.2) is 39.3 Å². The second kappa shape index (κ2) is 8.01. The number of ether oxygens (including phenoxy) is 2. The van der Waals surface area contributed by atoms with Gasteiger partial charge in [-0.1, -0.05) is 35.5 Å². The second-order valence-electron chi connectivity index (χ2n) is 6.43. The van der Waals surface area contributed by atoms with Gasteiger partial charge in [-0.2, -0.15) is 0 Å². The quantitative estimate of drug-likeness (QED) is 0.728. The number of carbonyl (C=O) groups is 1. The van der Waals surface area contributed by atoms with Crippen molar-refractivity contribution in [3.63, 3.8) is 0 Å². The SMILES string of the molecule is CC(C)(C)OC(=O)c1cn(C[C@H](F)COCc2ccccc2)nn1. The summed E-state index contributed by atoms with van der Waals surface area (Å²) in [4.78, 5) is 11.8. The van der Waals surface area contributed by atoms with Gasteiger partial charge in [-0.05, 0) is 26.3 Å². The molecule has 1 heterocycles. The number of halogens is 1. The van der Waals surface area contributed by atoms with Gasteiger partial charge in [0.15, 0.2) is 5.69 Å². The molecule has 0 spiro atoms. The molecule has 0 unspecified atom stereocenters. The van der Waals surface area contributed by atoms with Crippen molar-refractivity contribution >= 4 is 5.97 Å². The molecule has 0 saturated heterocycles. The summed E-state index contributed by atoms with van der Waals surface area (Å²) in [5, 5.41) is 7.46. The Bertz CT molecular complexity index is 653. The van der Waals surface area contributed by atoms with Crippen molar-refractivity contribution in [2.45, 2.75) is 45.7 Å². The average molecular weight is 335 g/mol. The minimum atomic E-state index is -1.25. The van der Waals surface area contributed by atoms with E-state index in [0.717, 1.165) is 5.56 Å². The first-order valence-corrected chi connectivity index (χ1v) is 7.73. The Balaban J connectivity index is 1.78. The lowest BCUT2D eigenvalue weighted by Gasteiger charge is -2.18. The van der Waals surface area contributed by atoms with E-state index in [1.165, 1.54) is 10.9 Å². The molecule has 1 aromatic heterocycles. The monoisotopic (exact) mass is 335 g/mol. The fraction of sp³-hybridized carbons (Fsp3) is 0.471. The maximum atomic E-state index is 13.9. The molecule has 0 saturated carbocycles. The van der Waals surface area contributed by atoms with E-state index in [2.05, 4.69) is 10.3 Å². The summed E-state index contributed by atoms with van der Waals surface area (Å²) < 4.78 is 25.7. The molecule has 0 aliphatic carbocycles. The first-order chi connectivity index (χ1) is 11.3. The average Bonchev–Trinajstić information content (AvgIpc) is 2.95. The van der Waals surface area contributed by atoms with Gasteiger partial charge < -0.3 is 9.47 Å². The van der Waals surface area contributed by atoms with E-state index in [1.807, 2.05) is 30.3 Å². The van der Waals surface area contributed by atoms with Crippen LogP contribution in [0.15, 0.2) is 36.5 Å². The van der Waals surface area contributed by atoms with Crippen LogP contribution >= 0.6 is 0 Å². The van der Waals surface area contributed by atoms with Gasteiger partial charge in [0.2, 0.25) is 0 Å². The molecule has 0 aliphatic heterocycles. The first kappa shape index (κ1) is 18.1. The zero-order chi connectivity index (χ0) is 17.6. The van der Waals surface area contributed by atoms with Crippen LogP contribution in [0.25, 0.3) is 0 Å². The number of benzene rings is 1. The molecule has 0 radical (unpaired) electrons. The van der Waals surface area contributed by atoms with Gasteiger partial charge in [-0.3, -0.25) is 0 Å². The standard InChI is InChI=1S/C17H22FN3O3/c1-17(2,3)24-16(22)15-10-21(20-19-15)9-14(18)12-23-11-13-7-5-4-6-8-13/h4-8,10,14H,9,11-12H2,1-3H3/t14-/m0/s1. The predicted octanol–water partition coefficient (Wildman–Crippen LogP) is 2.79. The molecule has 0 bridgehead atoms. The molecular weight excluding hydrogens is 313 g/mol. The lowest BCUT2D eigenvalue weighted by atomic mass is 10.2. The molecule has 2 aromatic rings. The molecule has 0 N–H and O–H groups in total. The third-order valence-corrected chi connectivity index (χ3v) is 2.94. The number of hydrogen-bond acceptors (Lipinski definition) is 5. The molecular formula is C17H22FN3O3. The summed E-state index contributed by atoms with van der Waals surface area (Å²) in [5.74, 6) is -0.579. The highest BCUT2D eigenvalue weighted by atomic mass is 19.1. The van der Waals surface area contributed by atoms with Crippen molar-refractivity contribution in [1.82, 2.24) is 15.0 Å². The smallest absolute Gasteiger partial charge is 0.361 e. The normalized spacial score (nSPS) is 12.8. The number of nitrogens with zero attached hydrogens (tertiary/aromatic N) is 3. The Morgan fingerprint density at radius 3 is 2.67 bits per heavy atom. The zero-order valence-corrected chi connectivity index (χ0v) is 14.1. The maximum Gasteiger partial charge on any atom is 0.361 e. The minimum Gasteiger partial charge on any atom is -0.455 e. The van der Waals surface area contributed by atoms with Crippen LogP contribution < -0.4 is 0 Å². The summed E-state index contributed by atoms with van der Waals surface area (Å²) in [7, 11) is 0. The molecule has 1 aromatic carbocycles. The van der Waals surface area contributed by atoms with Crippen LogP contribution in [0.3, 0.4) is 0 Å². The Morgan fingerprint density at radius 2 is 2.00 bits per heavy atom. The van der Waals surface area contributed by atoms with Gasteiger partial charge in [0.05, 0.1) is 26.0 Å². The Kier molecular flexibility index (Phi) is 6.03.